The zero-order valence-electron chi connectivity index (χ0n) is 12.2. The van der Waals surface area contributed by atoms with Gasteiger partial charge in [-0.05, 0) is 50.4 Å². The smallest absolute Gasteiger partial charge is 0.127 e. The van der Waals surface area contributed by atoms with Gasteiger partial charge in [-0.15, -0.1) is 0 Å². The van der Waals surface area contributed by atoms with Crippen LogP contribution in [0.25, 0.3) is 0 Å². The molecule has 0 aromatic heterocycles. The summed E-state index contributed by atoms with van der Waals surface area (Å²) in [6.07, 6.45) is 14.0. The predicted molar refractivity (Wildman–Crippen MR) is 77.4 cm³/mol. The van der Waals surface area contributed by atoms with Gasteiger partial charge in [-0.2, -0.15) is 0 Å². The van der Waals surface area contributed by atoms with Crippen LogP contribution in [-0.2, 0) is 0 Å². The SMILES string of the molecule is C1=C[C@H]2C[C@@H]1C[C@@H]2C[NH+]1CC[NH+](C2CCCC2)CC1. The minimum absolute atomic E-state index is 0.956. The number of piperazine rings is 1. The van der Waals surface area contributed by atoms with Crippen LogP contribution in [0.5, 0.6) is 0 Å². The summed E-state index contributed by atoms with van der Waals surface area (Å²) < 4.78 is 0. The van der Waals surface area contributed by atoms with Gasteiger partial charge in [0, 0.05) is 5.92 Å². The highest BCUT2D eigenvalue weighted by Crippen LogP contribution is 2.42. The van der Waals surface area contributed by atoms with Crippen molar-refractivity contribution in [1.82, 2.24) is 0 Å². The van der Waals surface area contributed by atoms with Crippen LogP contribution in [0, 0.1) is 17.8 Å². The van der Waals surface area contributed by atoms with Crippen molar-refractivity contribution in [2.45, 2.75) is 44.6 Å². The van der Waals surface area contributed by atoms with Crippen LogP contribution in [0.2, 0.25) is 0 Å². The molecule has 3 fully saturated rings. The highest BCUT2D eigenvalue weighted by molar-refractivity contribution is 5.09. The van der Waals surface area contributed by atoms with Gasteiger partial charge in [0.25, 0.3) is 0 Å². The molecule has 2 bridgehead atoms. The monoisotopic (exact) mass is 262 g/mol. The molecule has 0 spiro atoms. The van der Waals surface area contributed by atoms with Crippen LogP contribution in [0.3, 0.4) is 0 Å². The van der Waals surface area contributed by atoms with E-state index in [1.807, 2.05) is 9.80 Å². The molecule has 2 heteroatoms. The molecule has 1 aliphatic heterocycles. The van der Waals surface area contributed by atoms with Crippen LogP contribution in [0.15, 0.2) is 12.2 Å². The summed E-state index contributed by atoms with van der Waals surface area (Å²) in [5, 5.41) is 0. The van der Waals surface area contributed by atoms with E-state index in [0.29, 0.717) is 0 Å². The van der Waals surface area contributed by atoms with E-state index in [9.17, 15) is 0 Å². The third kappa shape index (κ3) is 2.50. The second-order valence-corrected chi connectivity index (χ2v) is 7.63. The van der Waals surface area contributed by atoms with Gasteiger partial charge in [0.15, 0.2) is 0 Å². The van der Waals surface area contributed by atoms with E-state index in [-0.39, 0.29) is 0 Å². The summed E-state index contributed by atoms with van der Waals surface area (Å²) in [5.41, 5.74) is 0. The summed E-state index contributed by atoms with van der Waals surface area (Å²) in [6.45, 7) is 7.28. The fourth-order valence-corrected chi connectivity index (χ4v) is 5.37. The Bertz CT molecular complexity index is 337. The first kappa shape index (κ1) is 12.4. The van der Waals surface area contributed by atoms with E-state index in [0.717, 1.165) is 23.8 Å². The third-order valence-electron chi connectivity index (χ3n) is 6.50. The van der Waals surface area contributed by atoms with Crippen LogP contribution in [0.1, 0.15) is 38.5 Å². The molecule has 4 rings (SSSR count). The molecule has 19 heavy (non-hydrogen) atoms. The van der Waals surface area contributed by atoms with Crippen LogP contribution in [0.4, 0.5) is 0 Å². The first-order valence-electron chi connectivity index (χ1n) is 8.75. The largest absolute Gasteiger partial charge is 0.325 e. The van der Waals surface area contributed by atoms with Gasteiger partial charge in [0.2, 0.25) is 0 Å². The summed E-state index contributed by atoms with van der Waals surface area (Å²) >= 11 is 0. The summed E-state index contributed by atoms with van der Waals surface area (Å²) in [4.78, 5) is 3.88. The van der Waals surface area contributed by atoms with Crippen molar-refractivity contribution in [3.05, 3.63) is 12.2 Å². The molecule has 0 aromatic carbocycles. The predicted octanol–water partition coefficient (Wildman–Crippen LogP) is -0.0754. The molecule has 3 aliphatic carbocycles. The van der Waals surface area contributed by atoms with Crippen LogP contribution < -0.4 is 9.80 Å². The Balaban J connectivity index is 1.25. The highest BCUT2D eigenvalue weighted by Gasteiger charge is 2.39. The van der Waals surface area contributed by atoms with Gasteiger partial charge in [0.05, 0.1) is 12.6 Å². The number of hydrogen-bond acceptors (Lipinski definition) is 0. The van der Waals surface area contributed by atoms with E-state index in [2.05, 4.69) is 12.2 Å². The Morgan fingerprint density at radius 1 is 0.895 bits per heavy atom. The quantitative estimate of drug-likeness (QED) is 0.659. The standard InChI is InChI=1S/C17H28N2/c1-2-4-17(3-1)19-9-7-18(8-10-19)13-16-12-14-5-6-15(16)11-14/h5-6,14-17H,1-4,7-13H2/p+2/t14-,15+,16-/m1/s1. The Morgan fingerprint density at radius 2 is 1.68 bits per heavy atom. The normalized spacial score (nSPS) is 46.2. The lowest BCUT2D eigenvalue weighted by Crippen LogP contribution is -3.29. The minimum Gasteiger partial charge on any atom is -0.325 e. The zero-order valence-corrected chi connectivity index (χ0v) is 12.2. The number of allylic oxidation sites excluding steroid dienone is 2. The lowest BCUT2D eigenvalue weighted by Gasteiger charge is -2.34. The first-order valence-corrected chi connectivity index (χ1v) is 8.75. The van der Waals surface area contributed by atoms with E-state index in [4.69, 9.17) is 0 Å². The number of quaternary nitrogens is 2. The van der Waals surface area contributed by atoms with Crippen molar-refractivity contribution >= 4 is 0 Å². The molecule has 0 aromatic rings. The average molecular weight is 262 g/mol. The molecule has 4 aliphatic rings. The fourth-order valence-electron chi connectivity index (χ4n) is 5.37. The van der Waals surface area contributed by atoms with Gasteiger partial charge >= 0.3 is 0 Å². The number of fused-ring (bicyclic) bond motifs is 2. The summed E-state index contributed by atoms with van der Waals surface area (Å²) in [7, 11) is 0. The van der Waals surface area contributed by atoms with Gasteiger partial charge in [-0.3, -0.25) is 0 Å². The van der Waals surface area contributed by atoms with E-state index < -0.39 is 0 Å². The first-order chi connectivity index (χ1) is 9.38. The average Bonchev–Trinajstić information content (AvgIpc) is 3.17. The van der Waals surface area contributed by atoms with Crippen molar-refractivity contribution in [2.24, 2.45) is 17.8 Å². The van der Waals surface area contributed by atoms with Crippen LogP contribution in [-0.4, -0.2) is 38.8 Å². The van der Waals surface area contributed by atoms with Crippen molar-refractivity contribution in [1.29, 1.82) is 0 Å². The highest BCUT2D eigenvalue weighted by atomic mass is 15.3. The van der Waals surface area contributed by atoms with Gasteiger partial charge in [0.1, 0.15) is 26.2 Å². The molecule has 3 atom stereocenters. The molecule has 0 radical (unpaired) electrons. The van der Waals surface area contributed by atoms with Crippen LogP contribution >= 0.6 is 0 Å². The molecule has 2 nitrogen and oxygen atoms in total. The van der Waals surface area contributed by atoms with Crippen molar-refractivity contribution in [2.75, 3.05) is 32.7 Å². The number of rotatable bonds is 3. The Labute approximate surface area is 117 Å². The minimum atomic E-state index is 0.956. The molecule has 0 unspecified atom stereocenters. The molecule has 1 saturated heterocycles. The maximum atomic E-state index is 2.53. The van der Waals surface area contributed by atoms with Crippen molar-refractivity contribution in [3.8, 4) is 0 Å². The molecule has 2 saturated carbocycles. The second-order valence-electron chi connectivity index (χ2n) is 7.63. The van der Waals surface area contributed by atoms with E-state index >= 15 is 0 Å². The van der Waals surface area contributed by atoms with E-state index in [1.165, 1.54) is 71.2 Å². The summed E-state index contributed by atoms with van der Waals surface area (Å²) in [6, 6.07) is 1.03. The second kappa shape index (κ2) is 5.21. The molecular formula is C17H30N2+2. The Kier molecular flexibility index (Phi) is 3.40. The van der Waals surface area contributed by atoms with Gasteiger partial charge < -0.3 is 9.80 Å². The zero-order chi connectivity index (χ0) is 12.7. The number of hydrogen-bond donors (Lipinski definition) is 2. The molecule has 106 valence electrons. The maximum Gasteiger partial charge on any atom is 0.127 e. The lowest BCUT2D eigenvalue weighted by atomic mass is 9.93. The Hall–Kier alpha value is -0.340. The topological polar surface area (TPSA) is 8.88 Å². The van der Waals surface area contributed by atoms with Gasteiger partial charge in [-0.1, -0.05) is 12.2 Å². The number of nitrogens with one attached hydrogen (secondary N) is 2. The lowest BCUT2D eigenvalue weighted by molar-refractivity contribution is -1.02. The van der Waals surface area contributed by atoms with Crippen molar-refractivity contribution in [3.63, 3.8) is 0 Å². The third-order valence-corrected chi connectivity index (χ3v) is 6.50. The van der Waals surface area contributed by atoms with Gasteiger partial charge in [-0.25, -0.2) is 0 Å². The van der Waals surface area contributed by atoms with E-state index in [1.54, 1.807) is 0 Å². The molecule has 1 heterocycles. The Morgan fingerprint density at radius 3 is 2.32 bits per heavy atom. The fraction of sp³-hybridized carbons (Fsp3) is 0.882. The molecule has 2 N–H and O–H groups in total. The molecule has 0 amide bonds. The molecular weight excluding hydrogens is 232 g/mol. The summed E-state index contributed by atoms with van der Waals surface area (Å²) in [5.74, 6) is 2.94. The van der Waals surface area contributed by atoms with Crippen molar-refractivity contribution < 1.29 is 9.80 Å². The maximum absolute atomic E-state index is 2.53.